The molecule has 0 unspecified atom stereocenters. The number of carboxylic acids is 1. The number of allylic oxidation sites excluding steroid dienone is 1. The van der Waals surface area contributed by atoms with E-state index in [1.165, 1.54) is 0 Å². The zero-order valence-corrected chi connectivity index (χ0v) is 37.6. The van der Waals surface area contributed by atoms with Gasteiger partial charge in [0.2, 0.25) is 11.8 Å². The monoisotopic (exact) mass is 830 g/mol. The highest BCUT2D eigenvalue weighted by Crippen LogP contribution is 2.76. The van der Waals surface area contributed by atoms with Gasteiger partial charge in [-0.1, -0.05) is 86.0 Å². The van der Waals surface area contributed by atoms with Crippen molar-refractivity contribution in [2.45, 2.75) is 158 Å². The van der Waals surface area contributed by atoms with Gasteiger partial charge < -0.3 is 20.5 Å². The third kappa shape index (κ3) is 6.14. The molecule has 0 radical (unpaired) electrons. The minimum absolute atomic E-state index is 0.0152. The van der Waals surface area contributed by atoms with Gasteiger partial charge in [0.25, 0.3) is 0 Å². The van der Waals surface area contributed by atoms with Crippen LogP contribution in [0.3, 0.4) is 0 Å². The largest absolute Gasteiger partial charge is 0.481 e. The van der Waals surface area contributed by atoms with E-state index in [9.17, 15) is 29.1 Å². The van der Waals surface area contributed by atoms with Crippen LogP contribution in [0.1, 0.15) is 145 Å². The number of hydrogen-bond acceptors (Lipinski definition) is 6. The summed E-state index contributed by atoms with van der Waals surface area (Å²) in [6.45, 7) is 20.4. The van der Waals surface area contributed by atoms with Gasteiger partial charge in [-0.05, 0) is 145 Å². The average Bonchev–Trinajstić information content (AvgIpc) is 3.91. The fraction of sp³-hybridized carbons (Fsp3) is 0.735. The number of rotatable bonds is 9. The Bertz CT molecular complexity index is 2000. The van der Waals surface area contributed by atoms with Crippen molar-refractivity contribution in [3.8, 4) is 0 Å². The van der Waals surface area contributed by atoms with Crippen molar-refractivity contribution >= 4 is 41.1 Å². The van der Waals surface area contributed by atoms with Crippen LogP contribution in [0.2, 0.25) is 5.02 Å². The molecule has 0 bridgehead atoms. The lowest BCUT2D eigenvalue weighted by molar-refractivity contribution is -0.235. The lowest BCUT2D eigenvalue weighted by atomic mass is 9.33. The lowest BCUT2D eigenvalue weighted by Gasteiger charge is -2.72. The van der Waals surface area contributed by atoms with E-state index in [2.05, 4.69) is 59.1 Å². The van der Waals surface area contributed by atoms with Crippen molar-refractivity contribution in [1.29, 1.82) is 0 Å². The summed E-state index contributed by atoms with van der Waals surface area (Å²) in [6, 6.07) is 7.33. The SMILES string of the molecule is CC(C)C1=C2[C@H]3CC[C@@H]4[C@@]5(C)CC[C@H](OC(=O)[C@H]6C[C@@H](C(=O)O)C6(C)C)C(C)(C)[C@@H]5CC[C@@]4(C)[C@]3(C)CC[C@@]2(NC(=O)C2(C(=O)NCc3ccc(Cl)cc3)CC2)CC1=O. The number of carbonyl (C=O) groups is 5. The fourth-order valence-corrected chi connectivity index (χ4v) is 15.0. The second-order valence-corrected chi connectivity index (χ2v) is 22.8. The maximum absolute atomic E-state index is 14.5. The molecule has 10 heteroatoms. The molecule has 322 valence electrons. The topological polar surface area (TPSA) is 139 Å². The molecule has 10 atom stereocenters. The molecule has 1 aromatic carbocycles. The summed E-state index contributed by atoms with van der Waals surface area (Å²) in [5.41, 5.74) is 0.0937. The molecule has 1 aromatic rings. The van der Waals surface area contributed by atoms with Crippen molar-refractivity contribution in [3.05, 3.63) is 46.0 Å². The molecule has 8 rings (SSSR count). The van der Waals surface area contributed by atoms with Crippen LogP contribution in [0.15, 0.2) is 35.4 Å². The first-order valence-electron chi connectivity index (χ1n) is 22.5. The van der Waals surface area contributed by atoms with E-state index in [0.717, 1.165) is 61.7 Å². The zero-order valence-electron chi connectivity index (χ0n) is 36.8. The number of benzene rings is 1. The molecule has 0 aromatic heterocycles. The highest BCUT2D eigenvalue weighted by Gasteiger charge is 2.71. The van der Waals surface area contributed by atoms with Gasteiger partial charge in [-0.2, -0.15) is 0 Å². The molecule has 6 saturated carbocycles. The number of carbonyl (C=O) groups excluding carboxylic acids is 4. The zero-order chi connectivity index (χ0) is 42.9. The number of aliphatic carboxylic acids is 1. The molecule has 7 aliphatic rings. The molecule has 59 heavy (non-hydrogen) atoms. The first-order chi connectivity index (χ1) is 27.5. The van der Waals surface area contributed by atoms with Gasteiger partial charge in [-0.3, -0.25) is 24.0 Å². The van der Waals surface area contributed by atoms with Crippen molar-refractivity contribution in [2.24, 2.45) is 68.0 Å². The molecule has 6 fully saturated rings. The second kappa shape index (κ2) is 13.9. The van der Waals surface area contributed by atoms with E-state index in [-0.39, 0.29) is 69.6 Å². The van der Waals surface area contributed by atoms with Crippen LogP contribution < -0.4 is 10.6 Å². The van der Waals surface area contributed by atoms with Gasteiger partial charge in [0.15, 0.2) is 5.78 Å². The van der Waals surface area contributed by atoms with Crippen molar-refractivity contribution in [2.75, 3.05) is 0 Å². The number of nitrogens with one attached hydrogen (secondary N) is 2. The van der Waals surface area contributed by atoms with Gasteiger partial charge in [-0.25, -0.2) is 0 Å². The van der Waals surface area contributed by atoms with E-state index in [1.54, 1.807) is 12.1 Å². The average molecular weight is 832 g/mol. The Kier molecular flexibility index (Phi) is 10.0. The molecular formula is C49H67ClN2O7. The summed E-state index contributed by atoms with van der Waals surface area (Å²) in [5.74, 6) is -1.44. The van der Waals surface area contributed by atoms with Crippen molar-refractivity contribution < 1.29 is 33.8 Å². The lowest BCUT2D eigenvalue weighted by Crippen LogP contribution is -2.67. The van der Waals surface area contributed by atoms with Crippen LogP contribution >= 0.6 is 11.6 Å². The summed E-state index contributed by atoms with van der Waals surface area (Å²) < 4.78 is 6.42. The van der Waals surface area contributed by atoms with Crippen molar-refractivity contribution in [3.63, 3.8) is 0 Å². The molecule has 7 aliphatic carbocycles. The smallest absolute Gasteiger partial charge is 0.309 e. The summed E-state index contributed by atoms with van der Waals surface area (Å²) in [6.07, 6.45) is 8.72. The third-order valence-electron chi connectivity index (χ3n) is 18.8. The van der Waals surface area contributed by atoms with E-state index < -0.39 is 34.2 Å². The number of carboxylic acid groups (broad SMARTS) is 1. The number of amides is 2. The quantitative estimate of drug-likeness (QED) is 0.167. The molecule has 0 spiro atoms. The summed E-state index contributed by atoms with van der Waals surface area (Å²) >= 11 is 6.07. The maximum Gasteiger partial charge on any atom is 0.309 e. The summed E-state index contributed by atoms with van der Waals surface area (Å²) in [4.78, 5) is 67.8. The van der Waals surface area contributed by atoms with Gasteiger partial charge in [-0.15, -0.1) is 0 Å². The number of halogens is 1. The molecule has 9 nitrogen and oxygen atoms in total. The van der Waals surface area contributed by atoms with Gasteiger partial charge >= 0.3 is 11.9 Å². The Morgan fingerprint density at radius 2 is 1.47 bits per heavy atom. The van der Waals surface area contributed by atoms with E-state index in [0.29, 0.717) is 49.1 Å². The highest BCUT2D eigenvalue weighted by atomic mass is 35.5. The number of esters is 1. The number of Topliss-reactive ketones (excluding diaryl/α,β-unsaturated/α-hetero) is 1. The Morgan fingerprint density at radius 1 is 0.797 bits per heavy atom. The number of fused-ring (bicyclic) bond motifs is 7. The van der Waals surface area contributed by atoms with Crippen LogP contribution in [0.4, 0.5) is 0 Å². The van der Waals surface area contributed by atoms with Crippen molar-refractivity contribution in [1.82, 2.24) is 10.6 Å². The minimum Gasteiger partial charge on any atom is -0.481 e. The molecule has 2 amide bonds. The van der Waals surface area contributed by atoms with Crippen LogP contribution in [-0.4, -0.2) is 46.3 Å². The summed E-state index contributed by atoms with van der Waals surface area (Å²) in [7, 11) is 0. The van der Waals surface area contributed by atoms with E-state index in [4.69, 9.17) is 16.3 Å². The second-order valence-electron chi connectivity index (χ2n) is 22.4. The van der Waals surface area contributed by atoms with Crippen LogP contribution in [0.5, 0.6) is 0 Å². The number of ketones is 1. The molecule has 3 N–H and O–H groups in total. The third-order valence-corrected chi connectivity index (χ3v) is 19.1. The number of ether oxygens (including phenoxy) is 1. The highest BCUT2D eigenvalue weighted by molar-refractivity contribution is 6.30. The molecule has 0 heterocycles. The van der Waals surface area contributed by atoms with Gasteiger partial charge in [0.05, 0.1) is 17.4 Å². The fourth-order valence-electron chi connectivity index (χ4n) is 14.9. The normalized spacial score (nSPS) is 39.7. The van der Waals surface area contributed by atoms with Crippen LogP contribution in [-0.2, 0) is 35.3 Å². The Hall–Kier alpha value is -3.20. The number of hydrogen-bond donors (Lipinski definition) is 3. The first-order valence-corrected chi connectivity index (χ1v) is 22.9. The predicted molar refractivity (Wildman–Crippen MR) is 226 cm³/mol. The Balaban J connectivity index is 1.03. The first kappa shape index (κ1) is 42.5. The molecular weight excluding hydrogens is 764 g/mol. The minimum atomic E-state index is -1.12. The van der Waals surface area contributed by atoms with E-state index in [1.807, 2.05) is 26.0 Å². The molecule has 0 aliphatic heterocycles. The Morgan fingerprint density at radius 3 is 2.08 bits per heavy atom. The summed E-state index contributed by atoms with van der Waals surface area (Å²) in [5, 5.41) is 16.8. The molecule has 0 saturated heterocycles. The van der Waals surface area contributed by atoms with E-state index >= 15 is 0 Å². The van der Waals surface area contributed by atoms with Crippen LogP contribution in [0.25, 0.3) is 0 Å². The maximum atomic E-state index is 14.5. The predicted octanol–water partition coefficient (Wildman–Crippen LogP) is 9.24. The van der Waals surface area contributed by atoms with Gasteiger partial charge in [0.1, 0.15) is 11.5 Å². The van der Waals surface area contributed by atoms with Crippen LogP contribution in [0, 0.1) is 68.0 Å². The standard InChI is InChI=1S/C49H67ClN2O7/c1-27(2)37-33(53)25-49(52-42(58)48(21-22-48)41(57)51-26-28-10-12-29(50)13-11-28)23-20-46(8)30(38(37)49)14-15-35-45(7)18-17-36(44(5,6)34(45)16-19-47(35,46)9)59-40(56)32-24-31(39(54)55)43(32,3)4/h10-13,27,30-32,34-36H,14-26H2,1-9H3,(H,51,57)(H,52,58)(H,54,55)/t30-,31+,32-,34+,35-,36+,45+,46-,47-,49-/m1/s1. The Labute approximate surface area is 356 Å². The van der Waals surface area contributed by atoms with Gasteiger partial charge in [0, 0.05) is 23.4 Å².